The van der Waals surface area contributed by atoms with Gasteiger partial charge >= 0.3 is 12.1 Å². The molecule has 0 heterocycles. The second kappa shape index (κ2) is 9.98. The van der Waals surface area contributed by atoms with Gasteiger partial charge < -0.3 is 9.84 Å². The van der Waals surface area contributed by atoms with Crippen LogP contribution in [0.4, 0.5) is 17.6 Å². The molecule has 0 bridgehead atoms. The molecule has 194 valence electrons. The lowest BCUT2D eigenvalue weighted by Crippen LogP contribution is -2.36. The van der Waals surface area contributed by atoms with Crippen molar-refractivity contribution in [2.24, 2.45) is 0 Å². The first-order valence-electron chi connectivity index (χ1n) is 11.0. The lowest BCUT2D eigenvalue weighted by molar-refractivity contribution is -0.140. The molecule has 37 heavy (non-hydrogen) atoms. The van der Waals surface area contributed by atoms with Gasteiger partial charge in [0.1, 0.15) is 11.6 Å². The predicted octanol–water partition coefficient (Wildman–Crippen LogP) is 5.06. The third-order valence-corrected chi connectivity index (χ3v) is 7.54. The maximum Gasteiger partial charge on any atom is 0.417 e. The van der Waals surface area contributed by atoms with Crippen LogP contribution in [0.25, 0.3) is 17.2 Å². The van der Waals surface area contributed by atoms with Gasteiger partial charge in [-0.25, -0.2) is 22.3 Å². The molecule has 3 aromatic rings. The SMILES string of the molecule is COc1cccc(F)c1-c1ccc(S(=O)(=O)NC2Cc3ccc(C=CC(=O)O)cc3C2)c(C(F)(F)F)c1. The molecule has 0 spiro atoms. The molecule has 1 unspecified atom stereocenters. The Balaban J connectivity index is 1.65. The average Bonchev–Trinajstić information content (AvgIpc) is 3.22. The number of fused-ring (bicyclic) bond motifs is 1. The first-order chi connectivity index (χ1) is 17.4. The molecule has 0 radical (unpaired) electrons. The molecule has 1 atom stereocenters. The van der Waals surface area contributed by atoms with Crippen LogP contribution in [0.3, 0.4) is 0 Å². The van der Waals surface area contributed by atoms with Gasteiger partial charge in [-0.15, -0.1) is 0 Å². The zero-order valence-electron chi connectivity index (χ0n) is 19.3. The monoisotopic (exact) mass is 535 g/mol. The van der Waals surface area contributed by atoms with E-state index in [2.05, 4.69) is 4.72 Å². The van der Waals surface area contributed by atoms with Crippen molar-refractivity contribution < 1.29 is 40.6 Å². The summed E-state index contributed by atoms with van der Waals surface area (Å²) >= 11 is 0. The summed E-state index contributed by atoms with van der Waals surface area (Å²) in [7, 11) is -3.37. The second-order valence-corrected chi connectivity index (χ2v) is 10.1. The van der Waals surface area contributed by atoms with Crippen molar-refractivity contribution in [3.63, 3.8) is 0 Å². The van der Waals surface area contributed by atoms with Gasteiger partial charge in [-0.1, -0.05) is 30.3 Å². The number of hydrogen-bond acceptors (Lipinski definition) is 4. The summed E-state index contributed by atoms with van der Waals surface area (Å²) in [5.41, 5.74) is 0.335. The fourth-order valence-electron chi connectivity index (χ4n) is 4.37. The first-order valence-corrected chi connectivity index (χ1v) is 12.5. The van der Waals surface area contributed by atoms with Crippen molar-refractivity contribution in [3.8, 4) is 16.9 Å². The zero-order chi connectivity index (χ0) is 27.0. The molecular weight excluding hydrogens is 514 g/mol. The van der Waals surface area contributed by atoms with Gasteiger partial charge in [-0.3, -0.25) is 0 Å². The zero-order valence-corrected chi connectivity index (χ0v) is 20.2. The van der Waals surface area contributed by atoms with Crippen LogP contribution >= 0.6 is 0 Å². The van der Waals surface area contributed by atoms with Gasteiger partial charge in [0.2, 0.25) is 10.0 Å². The number of carboxylic acid groups (broad SMARTS) is 1. The van der Waals surface area contributed by atoms with Gasteiger partial charge in [0.15, 0.2) is 0 Å². The molecule has 2 N–H and O–H groups in total. The number of rotatable bonds is 7. The quantitative estimate of drug-likeness (QED) is 0.326. The van der Waals surface area contributed by atoms with Crippen LogP contribution in [0.1, 0.15) is 22.3 Å². The largest absolute Gasteiger partial charge is 0.496 e. The third kappa shape index (κ3) is 5.67. The summed E-state index contributed by atoms with van der Waals surface area (Å²) < 4.78 is 90.1. The van der Waals surface area contributed by atoms with Crippen LogP contribution in [0.2, 0.25) is 0 Å². The summed E-state index contributed by atoms with van der Waals surface area (Å²) in [5.74, 6) is -1.93. The maximum absolute atomic E-state index is 14.5. The lowest BCUT2D eigenvalue weighted by Gasteiger charge is -2.18. The van der Waals surface area contributed by atoms with E-state index in [1.54, 1.807) is 18.2 Å². The Labute approximate surface area is 210 Å². The highest BCUT2D eigenvalue weighted by molar-refractivity contribution is 7.89. The van der Waals surface area contributed by atoms with Gasteiger partial charge in [-0.2, -0.15) is 13.2 Å². The van der Waals surface area contributed by atoms with Crippen LogP contribution in [-0.4, -0.2) is 32.6 Å². The number of carboxylic acids is 1. The predicted molar refractivity (Wildman–Crippen MR) is 128 cm³/mol. The van der Waals surface area contributed by atoms with E-state index in [-0.39, 0.29) is 29.7 Å². The topological polar surface area (TPSA) is 92.7 Å². The highest BCUT2D eigenvalue weighted by Gasteiger charge is 2.39. The Hall–Kier alpha value is -3.70. The van der Waals surface area contributed by atoms with E-state index in [1.807, 2.05) is 0 Å². The summed E-state index contributed by atoms with van der Waals surface area (Å²) in [4.78, 5) is 9.76. The van der Waals surface area contributed by atoms with E-state index in [0.717, 1.165) is 35.4 Å². The molecule has 6 nitrogen and oxygen atoms in total. The normalized spacial score (nSPS) is 15.6. The Bertz CT molecular complexity index is 1500. The average molecular weight is 536 g/mol. The maximum atomic E-state index is 14.5. The van der Waals surface area contributed by atoms with Gasteiger partial charge in [0.25, 0.3) is 0 Å². The molecule has 11 heteroatoms. The fraction of sp³-hybridized carbons (Fsp3) is 0.192. The number of ether oxygens (including phenoxy) is 1. The molecule has 1 aliphatic rings. The number of sulfonamides is 1. The number of carbonyl (C=O) groups is 1. The van der Waals surface area contributed by atoms with E-state index in [9.17, 15) is 30.8 Å². The van der Waals surface area contributed by atoms with Crippen LogP contribution in [0.15, 0.2) is 65.6 Å². The lowest BCUT2D eigenvalue weighted by atomic mass is 10.0. The highest BCUT2D eigenvalue weighted by Crippen LogP contribution is 2.40. The minimum atomic E-state index is -5.04. The second-order valence-electron chi connectivity index (χ2n) is 8.45. The molecule has 0 fully saturated rings. The van der Waals surface area contributed by atoms with E-state index in [4.69, 9.17) is 9.84 Å². The van der Waals surface area contributed by atoms with E-state index in [1.165, 1.54) is 25.3 Å². The number of halogens is 4. The number of hydrogen-bond donors (Lipinski definition) is 2. The van der Waals surface area contributed by atoms with Crippen molar-refractivity contribution in [2.45, 2.75) is 30.0 Å². The summed E-state index contributed by atoms with van der Waals surface area (Å²) in [6.07, 6.45) is -2.21. The summed E-state index contributed by atoms with van der Waals surface area (Å²) in [5, 5.41) is 8.78. The Morgan fingerprint density at radius 3 is 2.49 bits per heavy atom. The minimum absolute atomic E-state index is 0.00291. The molecule has 3 aromatic carbocycles. The van der Waals surface area contributed by atoms with Gasteiger partial charge in [0, 0.05) is 12.1 Å². The van der Waals surface area contributed by atoms with Crippen molar-refractivity contribution in [1.29, 1.82) is 0 Å². The van der Waals surface area contributed by atoms with Crippen LogP contribution in [0, 0.1) is 5.82 Å². The molecule has 0 saturated carbocycles. The molecule has 0 aromatic heterocycles. The summed E-state index contributed by atoms with van der Waals surface area (Å²) in [6.45, 7) is 0. The first kappa shape index (κ1) is 26.4. The standard InChI is InChI=1S/C26H21F4NO5S/c1-36-22-4-2-3-21(27)25(22)17-8-9-23(20(14-17)26(28,29)30)37(34,35)31-19-12-16-7-5-15(6-10-24(32)33)11-18(16)13-19/h2-11,14,19,31H,12-13H2,1H3,(H,32,33). The van der Waals surface area contributed by atoms with Crippen molar-refractivity contribution in [1.82, 2.24) is 4.72 Å². The Morgan fingerprint density at radius 2 is 1.81 bits per heavy atom. The van der Waals surface area contributed by atoms with E-state index < -0.39 is 44.5 Å². The van der Waals surface area contributed by atoms with Crippen LogP contribution < -0.4 is 9.46 Å². The molecule has 0 aliphatic heterocycles. The molecule has 1 aliphatic carbocycles. The molecule has 0 saturated heterocycles. The van der Waals surface area contributed by atoms with Crippen LogP contribution in [-0.2, 0) is 33.8 Å². The minimum Gasteiger partial charge on any atom is -0.496 e. The van der Waals surface area contributed by atoms with Crippen molar-refractivity contribution >= 4 is 22.1 Å². The number of nitrogens with one attached hydrogen (secondary N) is 1. The number of methoxy groups -OCH3 is 1. The van der Waals surface area contributed by atoms with Crippen molar-refractivity contribution in [2.75, 3.05) is 7.11 Å². The molecular formula is C26H21F4NO5S. The Morgan fingerprint density at radius 1 is 1.08 bits per heavy atom. The van der Waals surface area contributed by atoms with Crippen LogP contribution in [0.5, 0.6) is 5.75 Å². The van der Waals surface area contributed by atoms with E-state index in [0.29, 0.717) is 11.6 Å². The highest BCUT2D eigenvalue weighted by atomic mass is 32.2. The summed E-state index contributed by atoms with van der Waals surface area (Å²) in [6, 6.07) is 10.7. The number of aliphatic carboxylic acids is 1. The fourth-order valence-corrected chi connectivity index (χ4v) is 5.82. The third-order valence-electron chi connectivity index (χ3n) is 5.96. The number of benzene rings is 3. The Kier molecular flexibility index (Phi) is 7.11. The number of alkyl halides is 3. The smallest absolute Gasteiger partial charge is 0.417 e. The van der Waals surface area contributed by atoms with Gasteiger partial charge in [0.05, 0.1) is 23.1 Å². The van der Waals surface area contributed by atoms with E-state index >= 15 is 0 Å². The molecule has 0 amide bonds. The molecule has 4 rings (SSSR count). The van der Waals surface area contributed by atoms with Gasteiger partial charge in [-0.05, 0) is 65.4 Å². The van der Waals surface area contributed by atoms with Crippen molar-refractivity contribution in [3.05, 3.63) is 88.7 Å².